The molecule has 1 aliphatic rings. The minimum Gasteiger partial charge on any atom is -0.398 e. The summed E-state index contributed by atoms with van der Waals surface area (Å²) in [7, 11) is 0. The molecule has 5 nitrogen and oxygen atoms in total. The summed E-state index contributed by atoms with van der Waals surface area (Å²) in [5.74, 6) is 4.42. The first-order valence-electron chi connectivity index (χ1n) is 7.47. The van der Waals surface area contributed by atoms with Crippen LogP contribution in [-0.4, -0.2) is 16.8 Å². The van der Waals surface area contributed by atoms with Gasteiger partial charge in [0.25, 0.3) is 11.8 Å². The van der Waals surface area contributed by atoms with Crippen LogP contribution in [0.25, 0.3) is 5.57 Å². The summed E-state index contributed by atoms with van der Waals surface area (Å²) >= 11 is 0. The molecule has 0 saturated carbocycles. The van der Waals surface area contributed by atoms with E-state index >= 15 is 0 Å². The molecule has 0 bridgehead atoms. The number of hydrogen-bond acceptors (Lipinski definition) is 4. The van der Waals surface area contributed by atoms with Gasteiger partial charge >= 0.3 is 0 Å². The van der Waals surface area contributed by atoms with Crippen LogP contribution in [0, 0.1) is 0 Å². The third-order valence-electron chi connectivity index (χ3n) is 4.01. The first-order valence-corrected chi connectivity index (χ1v) is 7.47. The molecule has 3 rings (SSSR count). The van der Waals surface area contributed by atoms with Gasteiger partial charge in [-0.15, -0.1) is 0 Å². The normalized spacial score (nSPS) is 14.3. The third-order valence-corrected chi connectivity index (χ3v) is 4.01. The molecule has 0 aromatic heterocycles. The van der Waals surface area contributed by atoms with E-state index in [1.807, 2.05) is 60.7 Å². The Morgan fingerprint density at radius 1 is 0.833 bits per heavy atom. The smallest absolute Gasteiger partial charge is 0.277 e. The Hall–Kier alpha value is -3.18. The quantitative estimate of drug-likeness (QED) is 0.514. The average molecular weight is 319 g/mol. The van der Waals surface area contributed by atoms with Crippen LogP contribution in [0.1, 0.15) is 18.1 Å². The molecule has 2 aromatic carbocycles. The zero-order valence-corrected chi connectivity index (χ0v) is 13.2. The highest BCUT2D eigenvalue weighted by Gasteiger charge is 2.36. The van der Waals surface area contributed by atoms with Crippen molar-refractivity contribution in [1.29, 1.82) is 0 Å². The lowest BCUT2D eigenvalue weighted by molar-refractivity contribution is -0.137. The summed E-state index contributed by atoms with van der Waals surface area (Å²) in [5, 5.41) is 0.602. The van der Waals surface area contributed by atoms with Crippen LogP contribution in [0.2, 0.25) is 0 Å². The van der Waals surface area contributed by atoms with Crippen molar-refractivity contribution in [2.24, 2.45) is 11.6 Å². The summed E-state index contributed by atoms with van der Waals surface area (Å²) < 4.78 is 0. The Kier molecular flexibility index (Phi) is 4.02. The minimum atomic E-state index is -0.584. The maximum Gasteiger partial charge on any atom is 0.277 e. The first kappa shape index (κ1) is 15.7. The molecule has 1 aliphatic heterocycles. The maximum absolute atomic E-state index is 12.3. The van der Waals surface area contributed by atoms with Crippen LogP contribution in [0.3, 0.4) is 0 Å². The molecular formula is C19H17N3O2. The van der Waals surface area contributed by atoms with Crippen molar-refractivity contribution in [2.75, 3.05) is 0 Å². The second-order valence-electron chi connectivity index (χ2n) is 5.50. The zero-order chi connectivity index (χ0) is 17.3. The molecule has 2 amide bonds. The summed E-state index contributed by atoms with van der Waals surface area (Å²) in [6.45, 7) is 1.56. The fourth-order valence-corrected chi connectivity index (χ4v) is 2.79. The molecule has 0 spiro atoms. The van der Waals surface area contributed by atoms with E-state index in [0.29, 0.717) is 10.6 Å². The highest BCUT2D eigenvalue weighted by atomic mass is 16.2. The molecular weight excluding hydrogens is 302 g/mol. The highest BCUT2D eigenvalue weighted by molar-refractivity contribution is 6.21. The third kappa shape index (κ3) is 2.51. The van der Waals surface area contributed by atoms with E-state index < -0.39 is 11.8 Å². The fraction of sp³-hybridized carbons (Fsp3) is 0.0526. The van der Waals surface area contributed by atoms with Gasteiger partial charge in [0, 0.05) is 11.1 Å². The molecule has 0 saturated heterocycles. The molecule has 2 aromatic rings. The monoisotopic (exact) mass is 319 g/mol. The standard InChI is InChI=1S/C19H17N3O2/c1-12-15(19(24)22(21)18(12)23)17(20)16(13-8-4-2-5-9-13)14-10-6-3-7-11-14/h2-11H,20-21H2,1H3. The number of carbonyl (C=O) groups excluding carboxylic acids is 2. The number of amides is 2. The topological polar surface area (TPSA) is 89.4 Å². The fourth-order valence-electron chi connectivity index (χ4n) is 2.79. The van der Waals surface area contributed by atoms with Gasteiger partial charge in [-0.25, -0.2) is 10.9 Å². The van der Waals surface area contributed by atoms with Gasteiger partial charge in [-0.05, 0) is 18.1 Å². The van der Waals surface area contributed by atoms with E-state index in [1.165, 1.54) is 0 Å². The number of hydrogen-bond donors (Lipinski definition) is 2. The van der Waals surface area contributed by atoms with Gasteiger partial charge in [0.2, 0.25) is 0 Å². The van der Waals surface area contributed by atoms with Crippen LogP contribution < -0.4 is 11.6 Å². The lowest BCUT2D eigenvalue weighted by atomic mass is 9.92. The van der Waals surface area contributed by atoms with Crippen molar-refractivity contribution >= 4 is 17.4 Å². The number of benzene rings is 2. The van der Waals surface area contributed by atoms with Gasteiger partial charge in [0.1, 0.15) is 0 Å². The van der Waals surface area contributed by atoms with E-state index in [1.54, 1.807) is 6.92 Å². The van der Waals surface area contributed by atoms with E-state index in [0.717, 1.165) is 11.1 Å². The lowest BCUT2D eigenvalue weighted by Gasteiger charge is -2.14. The largest absolute Gasteiger partial charge is 0.398 e. The molecule has 24 heavy (non-hydrogen) atoms. The van der Waals surface area contributed by atoms with Gasteiger partial charge in [-0.1, -0.05) is 60.7 Å². The molecule has 4 N–H and O–H groups in total. The summed E-state index contributed by atoms with van der Waals surface area (Å²) in [5.41, 5.74) is 9.43. The van der Waals surface area contributed by atoms with Crippen molar-refractivity contribution in [3.05, 3.63) is 88.6 Å². The minimum absolute atomic E-state index is 0.158. The molecule has 1 heterocycles. The Balaban J connectivity index is 2.28. The Morgan fingerprint density at radius 2 is 1.29 bits per heavy atom. The predicted molar refractivity (Wildman–Crippen MR) is 91.8 cm³/mol. The SMILES string of the molecule is CC1=C(C(N)=C(c2ccccc2)c2ccccc2)C(=O)N(N)C1=O. The summed E-state index contributed by atoms with van der Waals surface area (Å²) in [4.78, 5) is 24.3. The van der Waals surface area contributed by atoms with Crippen LogP contribution in [0.4, 0.5) is 0 Å². The first-order chi connectivity index (χ1) is 11.5. The van der Waals surface area contributed by atoms with Crippen molar-refractivity contribution in [3.63, 3.8) is 0 Å². The van der Waals surface area contributed by atoms with Crippen molar-refractivity contribution in [1.82, 2.24) is 5.01 Å². The molecule has 0 unspecified atom stereocenters. The maximum atomic E-state index is 12.3. The molecule has 5 heteroatoms. The zero-order valence-electron chi connectivity index (χ0n) is 13.2. The van der Waals surface area contributed by atoms with Gasteiger partial charge < -0.3 is 5.73 Å². The van der Waals surface area contributed by atoms with Crippen molar-refractivity contribution in [3.8, 4) is 0 Å². The second-order valence-corrected chi connectivity index (χ2v) is 5.50. The van der Waals surface area contributed by atoms with E-state index in [2.05, 4.69) is 0 Å². The molecule has 120 valence electrons. The van der Waals surface area contributed by atoms with Crippen molar-refractivity contribution in [2.45, 2.75) is 6.92 Å². The van der Waals surface area contributed by atoms with Crippen molar-refractivity contribution < 1.29 is 9.59 Å². The number of rotatable bonds is 3. The van der Waals surface area contributed by atoms with E-state index in [4.69, 9.17) is 11.6 Å². The van der Waals surface area contributed by atoms with E-state index in [9.17, 15) is 9.59 Å². The number of hydrazine groups is 1. The number of nitrogens with zero attached hydrogens (tertiary/aromatic N) is 1. The molecule has 0 aliphatic carbocycles. The Bertz CT molecular complexity index is 826. The lowest BCUT2D eigenvalue weighted by Crippen LogP contribution is -2.38. The summed E-state index contributed by atoms with van der Waals surface area (Å²) in [6.07, 6.45) is 0. The highest BCUT2D eigenvalue weighted by Crippen LogP contribution is 2.31. The average Bonchev–Trinajstić information content (AvgIpc) is 2.80. The molecule has 0 atom stereocenters. The predicted octanol–water partition coefficient (Wildman–Crippen LogP) is 1.96. The van der Waals surface area contributed by atoms with E-state index in [-0.39, 0.29) is 16.8 Å². The van der Waals surface area contributed by atoms with Gasteiger partial charge in [-0.2, -0.15) is 0 Å². The molecule has 0 radical (unpaired) electrons. The van der Waals surface area contributed by atoms with Crippen LogP contribution in [-0.2, 0) is 9.59 Å². The Labute approximate surface area is 139 Å². The number of carbonyl (C=O) groups is 2. The molecule has 0 fully saturated rings. The summed E-state index contributed by atoms with van der Waals surface area (Å²) in [6, 6.07) is 19.0. The van der Waals surface area contributed by atoms with Gasteiger partial charge in [-0.3, -0.25) is 9.59 Å². The van der Waals surface area contributed by atoms with Gasteiger partial charge in [0.15, 0.2) is 0 Å². The number of nitrogens with two attached hydrogens (primary N) is 2. The number of imide groups is 1. The second kappa shape index (κ2) is 6.14. The van der Waals surface area contributed by atoms with Gasteiger partial charge in [0.05, 0.1) is 11.3 Å². The van der Waals surface area contributed by atoms with Crippen LogP contribution >= 0.6 is 0 Å². The van der Waals surface area contributed by atoms with Crippen LogP contribution in [0.15, 0.2) is 77.5 Å². The Morgan fingerprint density at radius 3 is 1.67 bits per heavy atom. The van der Waals surface area contributed by atoms with Crippen LogP contribution in [0.5, 0.6) is 0 Å².